The van der Waals surface area contributed by atoms with Crippen LogP contribution < -0.4 is 0 Å². The standard InChI is InChI=1S/C14H17NO/c1-2-12-5-7-13(8-6-12)10-15-9-3-4-14(15)11-16/h3-9,16H,2,10-11H2,1H3. The van der Waals surface area contributed by atoms with Gasteiger partial charge in [0.25, 0.3) is 0 Å². The van der Waals surface area contributed by atoms with Crippen molar-refractivity contribution in [2.45, 2.75) is 26.5 Å². The first-order valence-corrected chi connectivity index (χ1v) is 5.66. The van der Waals surface area contributed by atoms with Crippen LogP contribution in [0.3, 0.4) is 0 Å². The Morgan fingerprint density at radius 3 is 2.38 bits per heavy atom. The molecule has 0 unspecified atom stereocenters. The van der Waals surface area contributed by atoms with Crippen LogP contribution in [0.4, 0.5) is 0 Å². The molecule has 1 heterocycles. The highest BCUT2D eigenvalue weighted by Gasteiger charge is 2.00. The van der Waals surface area contributed by atoms with Gasteiger partial charge in [-0.25, -0.2) is 0 Å². The SMILES string of the molecule is CCc1ccc(Cn2cccc2CO)cc1. The molecule has 0 amide bonds. The highest BCUT2D eigenvalue weighted by atomic mass is 16.3. The summed E-state index contributed by atoms with van der Waals surface area (Å²) in [6, 6.07) is 12.5. The molecule has 1 aromatic heterocycles. The van der Waals surface area contributed by atoms with E-state index in [1.165, 1.54) is 11.1 Å². The Morgan fingerprint density at radius 1 is 1.06 bits per heavy atom. The van der Waals surface area contributed by atoms with E-state index in [1.807, 2.05) is 18.3 Å². The van der Waals surface area contributed by atoms with Crippen LogP contribution in [-0.2, 0) is 19.6 Å². The van der Waals surface area contributed by atoms with Crippen molar-refractivity contribution in [1.29, 1.82) is 0 Å². The molecule has 0 aliphatic rings. The topological polar surface area (TPSA) is 25.2 Å². The molecular weight excluding hydrogens is 198 g/mol. The number of aromatic nitrogens is 1. The maximum absolute atomic E-state index is 9.15. The van der Waals surface area contributed by atoms with Crippen molar-refractivity contribution >= 4 is 0 Å². The fraction of sp³-hybridized carbons (Fsp3) is 0.286. The summed E-state index contributed by atoms with van der Waals surface area (Å²) in [6.07, 6.45) is 3.07. The lowest BCUT2D eigenvalue weighted by atomic mass is 10.1. The third kappa shape index (κ3) is 2.34. The van der Waals surface area contributed by atoms with Gasteiger partial charge < -0.3 is 9.67 Å². The summed E-state index contributed by atoms with van der Waals surface area (Å²) in [6.45, 7) is 3.08. The minimum Gasteiger partial charge on any atom is -0.390 e. The maximum Gasteiger partial charge on any atom is 0.0832 e. The summed E-state index contributed by atoms with van der Waals surface area (Å²) < 4.78 is 2.07. The van der Waals surface area contributed by atoms with E-state index in [2.05, 4.69) is 35.8 Å². The van der Waals surface area contributed by atoms with Gasteiger partial charge in [0.05, 0.1) is 6.61 Å². The molecule has 0 radical (unpaired) electrons. The summed E-state index contributed by atoms with van der Waals surface area (Å²) in [5.41, 5.74) is 3.58. The van der Waals surface area contributed by atoms with Gasteiger partial charge in [-0.2, -0.15) is 0 Å². The van der Waals surface area contributed by atoms with E-state index in [9.17, 15) is 0 Å². The van der Waals surface area contributed by atoms with Crippen molar-refractivity contribution in [3.63, 3.8) is 0 Å². The van der Waals surface area contributed by atoms with Crippen molar-refractivity contribution in [2.24, 2.45) is 0 Å². The van der Waals surface area contributed by atoms with E-state index in [-0.39, 0.29) is 6.61 Å². The molecule has 0 aliphatic carbocycles. The predicted octanol–water partition coefficient (Wildman–Crippen LogP) is 2.59. The van der Waals surface area contributed by atoms with Gasteiger partial charge in [0.15, 0.2) is 0 Å². The monoisotopic (exact) mass is 215 g/mol. The number of rotatable bonds is 4. The first-order valence-electron chi connectivity index (χ1n) is 5.66. The predicted molar refractivity (Wildman–Crippen MR) is 65.3 cm³/mol. The molecule has 0 atom stereocenters. The molecule has 16 heavy (non-hydrogen) atoms. The zero-order chi connectivity index (χ0) is 11.4. The Balaban J connectivity index is 2.14. The van der Waals surface area contributed by atoms with Crippen LogP contribution in [-0.4, -0.2) is 9.67 Å². The Kier molecular flexibility index (Phi) is 3.42. The lowest BCUT2D eigenvalue weighted by Gasteiger charge is -2.08. The Morgan fingerprint density at radius 2 is 1.75 bits per heavy atom. The van der Waals surface area contributed by atoms with Gasteiger partial charge in [0, 0.05) is 18.4 Å². The molecule has 0 saturated carbocycles. The van der Waals surface area contributed by atoms with Gasteiger partial charge in [0.2, 0.25) is 0 Å². The summed E-state index contributed by atoms with van der Waals surface area (Å²) in [5.74, 6) is 0. The zero-order valence-electron chi connectivity index (χ0n) is 9.56. The first kappa shape index (κ1) is 11.0. The van der Waals surface area contributed by atoms with Crippen LogP contribution in [0.25, 0.3) is 0 Å². The summed E-state index contributed by atoms with van der Waals surface area (Å²) in [7, 11) is 0. The van der Waals surface area contributed by atoms with Gasteiger partial charge in [-0.3, -0.25) is 0 Å². The molecule has 0 spiro atoms. The minimum absolute atomic E-state index is 0.0973. The highest BCUT2D eigenvalue weighted by Crippen LogP contribution is 2.09. The van der Waals surface area contributed by atoms with Crippen molar-refractivity contribution < 1.29 is 5.11 Å². The van der Waals surface area contributed by atoms with E-state index >= 15 is 0 Å². The van der Waals surface area contributed by atoms with Crippen molar-refractivity contribution in [1.82, 2.24) is 4.57 Å². The van der Waals surface area contributed by atoms with E-state index in [0.29, 0.717) is 0 Å². The number of benzene rings is 1. The molecule has 2 aromatic rings. The molecule has 2 nitrogen and oxygen atoms in total. The third-order valence-electron chi connectivity index (χ3n) is 2.87. The largest absolute Gasteiger partial charge is 0.390 e. The van der Waals surface area contributed by atoms with Crippen LogP contribution in [0.1, 0.15) is 23.7 Å². The minimum atomic E-state index is 0.0973. The van der Waals surface area contributed by atoms with Gasteiger partial charge >= 0.3 is 0 Å². The van der Waals surface area contributed by atoms with E-state index in [1.54, 1.807) is 0 Å². The van der Waals surface area contributed by atoms with Crippen LogP contribution in [0.5, 0.6) is 0 Å². The second kappa shape index (κ2) is 4.99. The molecule has 2 heteroatoms. The van der Waals surface area contributed by atoms with E-state index in [0.717, 1.165) is 18.7 Å². The average molecular weight is 215 g/mol. The number of hydrogen-bond acceptors (Lipinski definition) is 1. The van der Waals surface area contributed by atoms with Crippen LogP contribution in [0.15, 0.2) is 42.6 Å². The molecule has 2 rings (SSSR count). The smallest absolute Gasteiger partial charge is 0.0832 e. The van der Waals surface area contributed by atoms with E-state index in [4.69, 9.17) is 5.11 Å². The van der Waals surface area contributed by atoms with Gasteiger partial charge in [-0.05, 0) is 29.7 Å². The molecular formula is C14H17NO. The third-order valence-corrected chi connectivity index (χ3v) is 2.87. The normalized spacial score (nSPS) is 10.6. The Labute approximate surface area is 96.2 Å². The second-order valence-corrected chi connectivity index (χ2v) is 3.96. The lowest BCUT2D eigenvalue weighted by Crippen LogP contribution is -2.02. The molecule has 84 valence electrons. The van der Waals surface area contributed by atoms with Gasteiger partial charge in [-0.15, -0.1) is 0 Å². The van der Waals surface area contributed by atoms with Crippen LogP contribution in [0, 0.1) is 0 Å². The van der Waals surface area contributed by atoms with Crippen molar-refractivity contribution in [2.75, 3.05) is 0 Å². The Hall–Kier alpha value is -1.54. The lowest BCUT2D eigenvalue weighted by molar-refractivity contribution is 0.271. The van der Waals surface area contributed by atoms with Crippen LogP contribution >= 0.6 is 0 Å². The summed E-state index contributed by atoms with van der Waals surface area (Å²) >= 11 is 0. The molecule has 1 aromatic carbocycles. The fourth-order valence-corrected chi connectivity index (χ4v) is 1.82. The number of aliphatic hydroxyl groups excluding tert-OH is 1. The first-order chi connectivity index (χ1) is 7.83. The molecule has 0 fully saturated rings. The van der Waals surface area contributed by atoms with Gasteiger partial charge in [-0.1, -0.05) is 31.2 Å². The number of aryl methyl sites for hydroxylation is 1. The summed E-state index contributed by atoms with van der Waals surface area (Å²) in [5, 5.41) is 9.15. The number of nitrogens with zero attached hydrogens (tertiary/aromatic N) is 1. The number of hydrogen-bond donors (Lipinski definition) is 1. The number of aliphatic hydroxyl groups is 1. The Bertz CT molecular complexity index is 442. The van der Waals surface area contributed by atoms with E-state index < -0.39 is 0 Å². The molecule has 0 saturated heterocycles. The van der Waals surface area contributed by atoms with Crippen molar-refractivity contribution in [3.8, 4) is 0 Å². The quantitative estimate of drug-likeness (QED) is 0.833. The average Bonchev–Trinajstić information content (AvgIpc) is 2.77. The molecule has 0 aliphatic heterocycles. The van der Waals surface area contributed by atoms with Gasteiger partial charge in [0.1, 0.15) is 0 Å². The fourth-order valence-electron chi connectivity index (χ4n) is 1.82. The highest BCUT2D eigenvalue weighted by molar-refractivity contribution is 5.23. The zero-order valence-corrected chi connectivity index (χ0v) is 9.56. The van der Waals surface area contributed by atoms with Crippen LogP contribution in [0.2, 0.25) is 0 Å². The van der Waals surface area contributed by atoms with Crippen molar-refractivity contribution in [3.05, 3.63) is 59.4 Å². The summed E-state index contributed by atoms with van der Waals surface area (Å²) in [4.78, 5) is 0. The molecule has 0 bridgehead atoms. The molecule has 1 N–H and O–H groups in total. The second-order valence-electron chi connectivity index (χ2n) is 3.96. The maximum atomic E-state index is 9.15.